The van der Waals surface area contributed by atoms with Gasteiger partial charge in [0.15, 0.2) is 0 Å². The zero-order valence-electron chi connectivity index (χ0n) is 15.4. The molecule has 0 amide bonds. The van der Waals surface area contributed by atoms with Gasteiger partial charge in [0.05, 0.1) is 11.3 Å². The van der Waals surface area contributed by atoms with Crippen molar-refractivity contribution in [1.82, 2.24) is 14.9 Å². The van der Waals surface area contributed by atoms with Gasteiger partial charge in [-0.05, 0) is 17.7 Å². The lowest BCUT2D eigenvalue weighted by molar-refractivity contribution is -0.274. The molecule has 0 bridgehead atoms. The number of nitrogens with one attached hydrogen (secondary N) is 1. The summed E-state index contributed by atoms with van der Waals surface area (Å²) >= 11 is 0. The molecule has 0 unspecified atom stereocenters. The number of aromatic amines is 1. The van der Waals surface area contributed by atoms with Crippen molar-refractivity contribution in [3.05, 3.63) is 81.8 Å². The molecule has 0 radical (unpaired) electrons. The molecule has 2 heterocycles. The fraction of sp³-hybridized carbons (Fsp3) is 0.238. The van der Waals surface area contributed by atoms with E-state index in [4.69, 9.17) is 0 Å². The largest absolute Gasteiger partial charge is 0.573 e. The molecule has 29 heavy (non-hydrogen) atoms. The first-order valence-electron chi connectivity index (χ1n) is 9.12. The average Bonchev–Trinajstić information content (AvgIpc) is 2.69. The van der Waals surface area contributed by atoms with E-state index in [1.165, 1.54) is 12.1 Å². The molecule has 0 fully saturated rings. The van der Waals surface area contributed by atoms with Gasteiger partial charge < -0.3 is 9.72 Å². The number of H-pyrrole nitrogens is 1. The Morgan fingerprint density at radius 1 is 1.07 bits per heavy atom. The quantitative estimate of drug-likeness (QED) is 0.721. The molecule has 3 aromatic rings. The fourth-order valence-corrected chi connectivity index (χ4v) is 3.40. The number of halogens is 3. The van der Waals surface area contributed by atoms with E-state index in [1.54, 1.807) is 12.1 Å². The predicted octanol–water partition coefficient (Wildman–Crippen LogP) is 3.89. The number of rotatable bonds is 4. The summed E-state index contributed by atoms with van der Waals surface area (Å²) in [6.07, 6.45) is -4.07. The highest BCUT2D eigenvalue weighted by molar-refractivity contribution is 5.54. The summed E-state index contributed by atoms with van der Waals surface area (Å²) in [5.41, 5.74) is 2.96. The third-order valence-electron chi connectivity index (χ3n) is 4.76. The minimum Gasteiger partial charge on any atom is -0.406 e. The highest BCUT2D eigenvalue weighted by Crippen LogP contribution is 2.24. The van der Waals surface area contributed by atoms with Gasteiger partial charge in [0.2, 0.25) is 0 Å². The second-order valence-electron chi connectivity index (χ2n) is 6.86. The number of fused-ring (bicyclic) bond motifs is 1. The lowest BCUT2D eigenvalue weighted by Crippen LogP contribution is -2.35. The molecular weight excluding hydrogens is 383 g/mol. The number of aromatic nitrogens is 2. The van der Waals surface area contributed by atoms with Crippen LogP contribution in [0.5, 0.6) is 5.75 Å². The highest BCUT2D eigenvalue weighted by Gasteiger charge is 2.31. The Bertz CT molecular complexity index is 1050. The molecule has 1 aliphatic rings. The van der Waals surface area contributed by atoms with Crippen LogP contribution in [0.25, 0.3) is 11.4 Å². The Morgan fingerprint density at radius 2 is 1.79 bits per heavy atom. The van der Waals surface area contributed by atoms with Gasteiger partial charge in [-0.1, -0.05) is 42.5 Å². The Hall–Kier alpha value is -3.13. The number of hydrogen-bond donors (Lipinski definition) is 1. The number of nitrogens with zero attached hydrogens (tertiary/aromatic N) is 2. The van der Waals surface area contributed by atoms with Crippen LogP contribution in [-0.4, -0.2) is 27.8 Å². The summed E-state index contributed by atoms with van der Waals surface area (Å²) in [5.74, 6) is 0.308. The third kappa shape index (κ3) is 4.65. The van der Waals surface area contributed by atoms with Gasteiger partial charge in [0.1, 0.15) is 11.6 Å². The third-order valence-corrected chi connectivity index (χ3v) is 4.76. The van der Waals surface area contributed by atoms with E-state index < -0.39 is 6.36 Å². The zero-order valence-corrected chi connectivity index (χ0v) is 15.4. The van der Waals surface area contributed by atoms with E-state index in [1.807, 2.05) is 30.3 Å². The maximum Gasteiger partial charge on any atom is 0.573 e. The summed E-state index contributed by atoms with van der Waals surface area (Å²) < 4.78 is 40.7. The molecule has 2 aromatic carbocycles. The molecule has 150 valence electrons. The standard InChI is InChI=1S/C21H18F3N3O2/c22-21(23,24)29-16-8-6-14(7-9-16)12-27-11-10-18-17(13-27)20(28)26-19(25-18)15-4-2-1-3-5-15/h1-9H,10-13H2,(H,25,26,28). The maximum atomic E-state index is 12.6. The van der Waals surface area contributed by atoms with Crippen LogP contribution in [0.3, 0.4) is 0 Å². The minimum atomic E-state index is -4.70. The smallest absolute Gasteiger partial charge is 0.406 e. The lowest BCUT2D eigenvalue weighted by atomic mass is 10.1. The van der Waals surface area contributed by atoms with Gasteiger partial charge in [0.25, 0.3) is 5.56 Å². The van der Waals surface area contributed by atoms with E-state index in [9.17, 15) is 18.0 Å². The second-order valence-corrected chi connectivity index (χ2v) is 6.86. The number of alkyl halides is 3. The number of hydrogen-bond acceptors (Lipinski definition) is 4. The van der Waals surface area contributed by atoms with Crippen LogP contribution in [0.1, 0.15) is 16.8 Å². The number of benzene rings is 2. The van der Waals surface area contributed by atoms with Gasteiger partial charge in [0, 0.05) is 31.6 Å². The maximum absolute atomic E-state index is 12.6. The van der Waals surface area contributed by atoms with Crippen molar-refractivity contribution < 1.29 is 17.9 Å². The topological polar surface area (TPSA) is 58.2 Å². The van der Waals surface area contributed by atoms with Gasteiger partial charge in [-0.3, -0.25) is 9.69 Å². The fourth-order valence-electron chi connectivity index (χ4n) is 3.40. The van der Waals surface area contributed by atoms with E-state index in [0.29, 0.717) is 37.4 Å². The Balaban J connectivity index is 1.47. The van der Waals surface area contributed by atoms with Crippen LogP contribution >= 0.6 is 0 Å². The van der Waals surface area contributed by atoms with Crippen molar-refractivity contribution in [2.45, 2.75) is 25.9 Å². The van der Waals surface area contributed by atoms with Gasteiger partial charge in [-0.2, -0.15) is 0 Å². The first-order chi connectivity index (χ1) is 13.9. The molecule has 1 aliphatic heterocycles. The molecule has 5 nitrogen and oxygen atoms in total. The molecular formula is C21H18F3N3O2. The van der Waals surface area contributed by atoms with E-state index in [2.05, 4.69) is 19.6 Å². The van der Waals surface area contributed by atoms with Gasteiger partial charge >= 0.3 is 6.36 Å². The first kappa shape index (κ1) is 19.2. The normalized spacial score (nSPS) is 14.4. The summed E-state index contributed by atoms with van der Waals surface area (Å²) in [6.45, 7) is 1.66. The van der Waals surface area contributed by atoms with Crippen LogP contribution in [0.4, 0.5) is 13.2 Å². The molecule has 1 aromatic heterocycles. The average molecular weight is 401 g/mol. The van der Waals surface area contributed by atoms with Crippen molar-refractivity contribution in [3.63, 3.8) is 0 Å². The van der Waals surface area contributed by atoms with Crippen molar-refractivity contribution >= 4 is 0 Å². The lowest BCUT2D eigenvalue weighted by Gasteiger charge is -2.27. The molecule has 0 spiro atoms. The molecule has 4 rings (SSSR count). The van der Waals surface area contributed by atoms with Crippen molar-refractivity contribution in [2.24, 2.45) is 0 Å². The van der Waals surface area contributed by atoms with Crippen LogP contribution in [0.15, 0.2) is 59.4 Å². The Morgan fingerprint density at radius 3 is 2.48 bits per heavy atom. The Kier molecular flexibility index (Phi) is 5.10. The van der Waals surface area contributed by atoms with Crippen molar-refractivity contribution in [3.8, 4) is 17.1 Å². The summed E-state index contributed by atoms with van der Waals surface area (Å²) in [5, 5.41) is 0. The SMILES string of the molecule is O=c1[nH]c(-c2ccccc2)nc2c1CN(Cc1ccc(OC(F)(F)F)cc1)CC2. The molecule has 1 N–H and O–H groups in total. The summed E-state index contributed by atoms with van der Waals surface area (Å²) in [4.78, 5) is 22.1. The van der Waals surface area contributed by atoms with Crippen LogP contribution in [0, 0.1) is 0 Å². The van der Waals surface area contributed by atoms with Crippen molar-refractivity contribution in [1.29, 1.82) is 0 Å². The van der Waals surface area contributed by atoms with Gasteiger partial charge in [-0.25, -0.2) is 4.98 Å². The second kappa shape index (κ2) is 7.71. The van der Waals surface area contributed by atoms with Gasteiger partial charge in [-0.15, -0.1) is 13.2 Å². The Labute approximate surface area is 164 Å². The highest BCUT2D eigenvalue weighted by atomic mass is 19.4. The van der Waals surface area contributed by atoms with E-state index >= 15 is 0 Å². The monoisotopic (exact) mass is 401 g/mol. The summed E-state index contributed by atoms with van der Waals surface area (Å²) in [6, 6.07) is 15.2. The molecule has 0 saturated carbocycles. The van der Waals surface area contributed by atoms with E-state index in [0.717, 1.165) is 16.8 Å². The summed E-state index contributed by atoms with van der Waals surface area (Å²) in [7, 11) is 0. The van der Waals surface area contributed by atoms with Crippen LogP contribution < -0.4 is 10.3 Å². The minimum absolute atomic E-state index is 0.160. The zero-order chi connectivity index (χ0) is 20.4. The molecule has 0 saturated heterocycles. The first-order valence-corrected chi connectivity index (χ1v) is 9.12. The number of ether oxygens (including phenoxy) is 1. The molecule has 0 atom stereocenters. The molecule has 8 heteroatoms. The van der Waals surface area contributed by atoms with E-state index in [-0.39, 0.29) is 11.3 Å². The van der Waals surface area contributed by atoms with Crippen LogP contribution in [0.2, 0.25) is 0 Å². The van der Waals surface area contributed by atoms with Crippen molar-refractivity contribution in [2.75, 3.05) is 6.54 Å². The predicted molar refractivity (Wildman–Crippen MR) is 101 cm³/mol. The van der Waals surface area contributed by atoms with Crippen LogP contribution in [-0.2, 0) is 19.5 Å². The molecule has 0 aliphatic carbocycles.